The van der Waals surface area contributed by atoms with E-state index in [-0.39, 0.29) is 28.6 Å². The van der Waals surface area contributed by atoms with Crippen LogP contribution in [0.4, 0.5) is 11.4 Å². The van der Waals surface area contributed by atoms with Crippen LogP contribution in [-0.2, 0) is 6.42 Å². The fraction of sp³-hybridized carbons (Fsp3) is 0.130. The van der Waals surface area contributed by atoms with E-state index in [1.807, 2.05) is 6.92 Å². The minimum Gasteiger partial charge on any atom is -0.431 e. The van der Waals surface area contributed by atoms with Crippen molar-refractivity contribution in [1.29, 1.82) is 0 Å². The lowest BCUT2D eigenvalue weighted by Crippen LogP contribution is -2.22. The number of aryl methyl sites for hydroxylation is 1. The summed E-state index contributed by atoms with van der Waals surface area (Å²) >= 11 is 3.35. The Morgan fingerprint density at radius 3 is 2.61 bits per heavy atom. The molecule has 0 aliphatic carbocycles. The van der Waals surface area contributed by atoms with Crippen LogP contribution in [0.15, 0.2) is 69.1 Å². The second kappa shape index (κ2) is 10.4. The first kappa shape index (κ1) is 24.6. The van der Waals surface area contributed by atoms with Crippen molar-refractivity contribution in [3.63, 3.8) is 0 Å². The molecule has 0 atom stereocenters. The van der Waals surface area contributed by atoms with E-state index in [2.05, 4.69) is 31.0 Å². The molecule has 4 aromatic rings. The van der Waals surface area contributed by atoms with Crippen LogP contribution >= 0.6 is 15.9 Å². The Labute approximate surface area is 211 Å². The van der Waals surface area contributed by atoms with E-state index in [4.69, 9.17) is 4.74 Å². The summed E-state index contributed by atoms with van der Waals surface area (Å²) in [5.41, 5.74) is -0.313. The van der Waals surface area contributed by atoms with Crippen LogP contribution < -0.4 is 10.3 Å². The Bertz CT molecular complexity index is 1570. The second-order valence-electron chi connectivity index (χ2n) is 7.47. The molecule has 0 aliphatic rings. The van der Waals surface area contributed by atoms with Gasteiger partial charge in [-0.05, 0) is 30.7 Å². The highest BCUT2D eigenvalue weighted by Gasteiger charge is 2.20. The van der Waals surface area contributed by atoms with Crippen LogP contribution in [0.1, 0.15) is 24.7 Å². The highest BCUT2D eigenvalue weighted by molar-refractivity contribution is 9.10. The molecule has 2 aromatic carbocycles. The number of hydrogen-bond donors (Lipinski definition) is 0. The zero-order valence-corrected chi connectivity index (χ0v) is 20.3. The maximum atomic E-state index is 13.2. The van der Waals surface area contributed by atoms with Gasteiger partial charge in [0.05, 0.1) is 27.0 Å². The predicted octanol–water partition coefficient (Wildman–Crippen LogP) is 5.00. The number of nitro groups is 2. The van der Waals surface area contributed by atoms with Crippen molar-refractivity contribution in [1.82, 2.24) is 14.6 Å². The maximum Gasteiger partial charge on any atom is 0.312 e. The van der Waals surface area contributed by atoms with E-state index >= 15 is 0 Å². The van der Waals surface area contributed by atoms with Crippen molar-refractivity contribution < 1.29 is 14.6 Å². The van der Waals surface area contributed by atoms with Gasteiger partial charge in [-0.25, -0.2) is 9.97 Å². The molecule has 0 amide bonds. The van der Waals surface area contributed by atoms with Crippen molar-refractivity contribution in [2.45, 2.75) is 19.8 Å². The minimum atomic E-state index is -0.637. The normalized spacial score (nSPS) is 11.2. The molecule has 2 aromatic heterocycles. The Balaban J connectivity index is 1.81. The van der Waals surface area contributed by atoms with Gasteiger partial charge in [0.1, 0.15) is 12.0 Å². The monoisotopic (exact) mass is 552 g/mol. The predicted molar refractivity (Wildman–Crippen MR) is 135 cm³/mol. The average molecular weight is 553 g/mol. The number of rotatable bonds is 8. The van der Waals surface area contributed by atoms with Crippen molar-refractivity contribution >= 4 is 44.4 Å². The van der Waals surface area contributed by atoms with Gasteiger partial charge >= 0.3 is 5.69 Å². The second-order valence-corrected chi connectivity index (χ2v) is 8.38. The summed E-state index contributed by atoms with van der Waals surface area (Å²) in [5.74, 6) is 0.151. The lowest BCUT2D eigenvalue weighted by molar-refractivity contribution is -0.385. The quantitative estimate of drug-likeness (QED) is 0.168. The third-order valence-electron chi connectivity index (χ3n) is 5.02. The zero-order chi connectivity index (χ0) is 25.8. The molecule has 0 aliphatic heterocycles. The third-order valence-corrected chi connectivity index (χ3v) is 5.51. The average Bonchev–Trinajstić information content (AvgIpc) is 2.85. The molecule has 0 spiro atoms. The number of hydrogen-bond acceptors (Lipinski definition) is 9. The smallest absolute Gasteiger partial charge is 0.312 e. The Kier molecular flexibility index (Phi) is 7.10. The van der Waals surface area contributed by atoms with E-state index in [0.29, 0.717) is 34.0 Å². The molecule has 0 unspecified atom stereocenters. The minimum absolute atomic E-state index is 0.0920. The van der Waals surface area contributed by atoms with Gasteiger partial charge in [-0.3, -0.25) is 25.0 Å². The van der Waals surface area contributed by atoms with Gasteiger partial charge in [0.15, 0.2) is 0 Å². The van der Waals surface area contributed by atoms with E-state index in [9.17, 15) is 25.0 Å². The van der Waals surface area contributed by atoms with E-state index < -0.39 is 15.4 Å². The topological polar surface area (TPSA) is 156 Å². The molecule has 0 fully saturated rings. The number of fused-ring (bicyclic) bond motifs is 1. The first-order valence-electron chi connectivity index (χ1n) is 10.6. The molecule has 0 radical (unpaired) electrons. The number of halogens is 1. The number of aromatic nitrogens is 3. The molecule has 0 saturated heterocycles. The molecule has 0 saturated carbocycles. The standard InChI is InChI=1S/C23H17BrN6O6/c1-2-4-20-27-18-9-7-15(24)11-17(18)23(31)28(20)26-12-14-5-3-6-19(30(34)35)22(14)36-21-10-8-16(13-25-21)29(32)33/h3,5-13H,2,4H2,1H3. The largest absolute Gasteiger partial charge is 0.431 e. The van der Waals surface area contributed by atoms with Crippen LogP contribution in [0.25, 0.3) is 10.9 Å². The van der Waals surface area contributed by atoms with Crippen molar-refractivity contribution in [2.24, 2.45) is 5.10 Å². The lowest BCUT2D eigenvalue weighted by atomic mass is 10.2. The summed E-state index contributed by atoms with van der Waals surface area (Å²) in [6.45, 7) is 1.94. The highest BCUT2D eigenvalue weighted by atomic mass is 79.9. The van der Waals surface area contributed by atoms with Gasteiger partial charge in [-0.1, -0.05) is 28.9 Å². The molecular weight excluding hydrogens is 536 g/mol. The molecule has 0 N–H and O–H groups in total. The molecule has 36 heavy (non-hydrogen) atoms. The molecule has 12 nitrogen and oxygen atoms in total. The summed E-state index contributed by atoms with van der Waals surface area (Å²) < 4.78 is 7.51. The van der Waals surface area contributed by atoms with E-state index in [0.717, 1.165) is 10.9 Å². The summed E-state index contributed by atoms with van der Waals surface area (Å²) in [6, 6.07) is 11.8. The Morgan fingerprint density at radius 1 is 1.14 bits per heavy atom. The highest BCUT2D eigenvalue weighted by Crippen LogP contribution is 2.33. The van der Waals surface area contributed by atoms with Crippen LogP contribution in [0.5, 0.6) is 11.6 Å². The van der Waals surface area contributed by atoms with Gasteiger partial charge in [0, 0.05) is 34.7 Å². The molecule has 0 bridgehead atoms. The summed E-state index contributed by atoms with van der Waals surface area (Å²) in [7, 11) is 0. The first-order chi connectivity index (χ1) is 17.3. The van der Waals surface area contributed by atoms with Crippen LogP contribution in [0, 0.1) is 20.2 Å². The van der Waals surface area contributed by atoms with Gasteiger partial charge in [-0.15, -0.1) is 0 Å². The van der Waals surface area contributed by atoms with Gasteiger partial charge in [0.25, 0.3) is 11.2 Å². The van der Waals surface area contributed by atoms with Crippen LogP contribution in [0.3, 0.4) is 0 Å². The van der Waals surface area contributed by atoms with Crippen molar-refractivity contribution in [3.05, 3.63) is 101 Å². The number of nitrogens with zero attached hydrogens (tertiary/aromatic N) is 6. The van der Waals surface area contributed by atoms with E-state index in [1.165, 1.54) is 36.5 Å². The van der Waals surface area contributed by atoms with Gasteiger partial charge < -0.3 is 4.74 Å². The Hall–Kier alpha value is -4.52. The molecule has 182 valence electrons. The van der Waals surface area contributed by atoms with Crippen LogP contribution in [0.2, 0.25) is 0 Å². The molecular formula is C23H17BrN6O6. The number of benzene rings is 2. The summed E-state index contributed by atoms with van der Waals surface area (Å²) in [5, 5.41) is 27.2. The van der Waals surface area contributed by atoms with Gasteiger partial charge in [0.2, 0.25) is 11.6 Å². The SMILES string of the molecule is CCCc1nc2ccc(Br)cc2c(=O)n1N=Cc1cccc([N+](=O)[O-])c1Oc1ccc([N+](=O)[O-])cn1. The third kappa shape index (κ3) is 5.10. The van der Waals surface area contributed by atoms with Gasteiger partial charge in [-0.2, -0.15) is 9.78 Å². The summed E-state index contributed by atoms with van der Waals surface area (Å²) in [4.78, 5) is 42.9. The lowest BCUT2D eigenvalue weighted by Gasteiger charge is -2.10. The molecule has 2 heterocycles. The fourth-order valence-electron chi connectivity index (χ4n) is 3.36. The maximum absolute atomic E-state index is 13.2. The molecule has 13 heteroatoms. The summed E-state index contributed by atoms with van der Waals surface area (Å²) in [6.07, 6.45) is 3.43. The number of pyridine rings is 1. The van der Waals surface area contributed by atoms with E-state index in [1.54, 1.807) is 18.2 Å². The zero-order valence-electron chi connectivity index (χ0n) is 18.7. The Morgan fingerprint density at radius 2 is 1.94 bits per heavy atom. The van der Waals surface area contributed by atoms with Crippen molar-refractivity contribution in [3.8, 4) is 11.6 Å². The van der Waals surface area contributed by atoms with Crippen molar-refractivity contribution in [2.75, 3.05) is 0 Å². The number of para-hydroxylation sites is 1. The number of ether oxygens (including phenoxy) is 1. The molecule has 4 rings (SSSR count). The first-order valence-corrected chi connectivity index (χ1v) is 11.4. The number of nitro benzene ring substituents is 1. The van der Waals surface area contributed by atoms with Crippen LogP contribution in [-0.4, -0.2) is 30.7 Å². The fourth-order valence-corrected chi connectivity index (χ4v) is 3.72.